The highest BCUT2D eigenvalue weighted by Crippen LogP contribution is 2.44. The number of aromatic hydroxyl groups is 1. The zero-order chi connectivity index (χ0) is 21.5. The van der Waals surface area contributed by atoms with Crippen LogP contribution in [0.3, 0.4) is 0 Å². The molecule has 156 valence electrons. The molecular formula is C23H31NO4Si. The van der Waals surface area contributed by atoms with Gasteiger partial charge in [-0.05, 0) is 28.8 Å². The Morgan fingerprint density at radius 3 is 2.17 bits per heavy atom. The summed E-state index contributed by atoms with van der Waals surface area (Å²) in [7, 11) is -0.882. The van der Waals surface area contributed by atoms with E-state index in [0.29, 0.717) is 33.5 Å². The molecule has 0 bridgehead atoms. The molecule has 5 nitrogen and oxygen atoms in total. The van der Waals surface area contributed by atoms with E-state index in [4.69, 9.17) is 9.16 Å². The van der Waals surface area contributed by atoms with E-state index >= 15 is 0 Å². The largest absolute Gasteiger partial charge is 0.542 e. The molecule has 29 heavy (non-hydrogen) atoms. The summed E-state index contributed by atoms with van der Waals surface area (Å²) in [6, 6.07) is 9.06. The average molecular weight is 414 g/mol. The lowest BCUT2D eigenvalue weighted by molar-refractivity contribution is 0.0598. The first-order valence-corrected chi connectivity index (χ1v) is 12.3. The number of benzene rings is 2. The fraction of sp³-hybridized carbons (Fsp3) is 0.435. The summed E-state index contributed by atoms with van der Waals surface area (Å²) in [5, 5.41) is 11.9. The van der Waals surface area contributed by atoms with Gasteiger partial charge in [-0.15, -0.1) is 0 Å². The Labute approximate surface area is 173 Å². The number of carbonyl (C=O) groups excluding carboxylic acids is 1. The van der Waals surface area contributed by atoms with Gasteiger partial charge in [-0.2, -0.15) is 0 Å². The summed E-state index contributed by atoms with van der Waals surface area (Å²) in [5.41, 5.74) is 3.00. The predicted molar refractivity (Wildman–Crippen MR) is 120 cm³/mol. The van der Waals surface area contributed by atoms with Crippen molar-refractivity contribution in [1.29, 1.82) is 0 Å². The highest BCUT2D eigenvalue weighted by atomic mass is 28.4. The number of esters is 1. The van der Waals surface area contributed by atoms with Crippen molar-refractivity contribution in [2.24, 2.45) is 0 Å². The van der Waals surface area contributed by atoms with E-state index in [2.05, 4.69) is 46.5 Å². The van der Waals surface area contributed by atoms with Gasteiger partial charge >= 0.3 is 5.97 Å². The third-order valence-corrected chi connectivity index (χ3v) is 12.1. The fourth-order valence-electron chi connectivity index (χ4n) is 4.83. The molecule has 1 aromatic heterocycles. The highest BCUT2D eigenvalue weighted by molar-refractivity contribution is 6.78. The number of ether oxygens (including phenoxy) is 1. The van der Waals surface area contributed by atoms with Crippen molar-refractivity contribution >= 4 is 36.1 Å². The predicted octanol–water partition coefficient (Wildman–Crippen LogP) is 6.37. The maximum absolute atomic E-state index is 12.7. The molecule has 0 saturated carbocycles. The first-order chi connectivity index (χ1) is 13.6. The molecule has 0 aliphatic heterocycles. The van der Waals surface area contributed by atoms with Crippen LogP contribution in [0.15, 0.2) is 30.3 Å². The molecule has 0 fully saturated rings. The molecule has 0 unspecified atom stereocenters. The quantitative estimate of drug-likeness (QED) is 0.364. The number of hydrogen-bond donors (Lipinski definition) is 2. The van der Waals surface area contributed by atoms with Crippen LogP contribution in [-0.4, -0.2) is 31.5 Å². The van der Waals surface area contributed by atoms with Gasteiger partial charge in [0.1, 0.15) is 17.1 Å². The van der Waals surface area contributed by atoms with Crippen molar-refractivity contribution in [2.75, 3.05) is 7.11 Å². The maximum Gasteiger partial charge on any atom is 0.341 e. The molecule has 0 spiro atoms. The van der Waals surface area contributed by atoms with Crippen LogP contribution in [0.2, 0.25) is 16.6 Å². The van der Waals surface area contributed by atoms with Crippen molar-refractivity contribution in [1.82, 2.24) is 4.98 Å². The number of para-hydroxylation sites is 1. The van der Waals surface area contributed by atoms with Gasteiger partial charge in [0.05, 0.1) is 18.1 Å². The van der Waals surface area contributed by atoms with Crippen molar-refractivity contribution in [3.8, 4) is 11.5 Å². The molecule has 6 heteroatoms. The molecule has 0 radical (unpaired) electrons. The maximum atomic E-state index is 12.7. The summed E-state index contributed by atoms with van der Waals surface area (Å²) >= 11 is 0. The number of rotatable bonds is 6. The highest BCUT2D eigenvalue weighted by Gasteiger charge is 2.47. The minimum atomic E-state index is -2.27. The molecule has 0 aliphatic rings. The lowest BCUT2D eigenvalue weighted by Crippen LogP contribution is -2.51. The van der Waals surface area contributed by atoms with Crippen molar-refractivity contribution < 1.29 is 19.1 Å². The summed E-state index contributed by atoms with van der Waals surface area (Å²) < 4.78 is 11.9. The van der Waals surface area contributed by atoms with Gasteiger partial charge in [0, 0.05) is 16.8 Å². The third-order valence-electron chi connectivity index (χ3n) is 6.11. The van der Waals surface area contributed by atoms with Crippen LogP contribution < -0.4 is 4.43 Å². The van der Waals surface area contributed by atoms with E-state index in [1.165, 1.54) is 7.11 Å². The van der Waals surface area contributed by atoms with Gasteiger partial charge in [0.25, 0.3) is 8.32 Å². The second-order valence-corrected chi connectivity index (χ2v) is 14.0. The second-order valence-electron chi connectivity index (χ2n) is 8.63. The number of hydrogen-bond acceptors (Lipinski definition) is 4. The van der Waals surface area contributed by atoms with Gasteiger partial charge in [-0.25, -0.2) is 4.79 Å². The summed E-state index contributed by atoms with van der Waals surface area (Å²) in [6.45, 7) is 13.3. The number of carbonyl (C=O) groups is 1. The molecular weight excluding hydrogens is 382 g/mol. The van der Waals surface area contributed by atoms with E-state index < -0.39 is 14.3 Å². The third kappa shape index (κ3) is 3.39. The van der Waals surface area contributed by atoms with E-state index in [9.17, 15) is 9.90 Å². The number of H-pyrrole nitrogens is 1. The van der Waals surface area contributed by atoms with Crippen LogP contribution in [-0.2, 0) is 4.74 Å². The number of phenols is 1. The fourth-order valence-corrected chi connectivity index (χ4v) is 10.1. The van der Waals surface area contributed by atoms with Gasteiger partial charge in [0.15, 0.2) is 0 Å². The number of methoxy groups -OCH3 is 1. The van der Waals surface area contributed by atoms with Crippen LogP contribution in [0.4, 0.5) is 0 Å². The molecule has 1 heterocycles. The number of phenolic OH excluding ortho intramolecular Hbond substituents is 1. The Hall–Kier alpha value is -2.47. The number of aromatic nitrogens is 1. The molecule has 0 saturated heterocycles. The molecule has 2 aromatic carbocycles. The molecule has 3 rings (SSSR count). The zero-order valence-corrected chi connectivity index (χ0v) is 19.3. The summed E-state index contributed by atoms with van der Waals surface area (Å²) in [6.07, 6.45) is 0. The topological polar surface area (TPSA) is 71.5 Å². The Kier molecular flexibility index (Phi) is 5.67. The number of fused-ring (bicyclic) bond motifs is 3. The Morgan fingerprint density at radius 2 is 1.62 bits per heavy atom. The van der Waals surface area contributed by atoms with Crippen molar-refractivity contribution in [2.45, 2.75) is 58.2 Å². The van der Waals surface area contributed by atoms with E-state index in [0.717, 1.165) is 16.3 Å². The standard InChI is InChI=1S/C23H31NO4Si/c1-13(2)29(14(3)4,15(5)6)28-21-12-19-17(11-18(21)23(26)27-7)16-9-8-10-20(25)22(16)24-19/h8-15,24-25H,1-7H3. The van der Waals surface area contributed by atoms with E-state index in [1.54, 1.807) is 12.1 Å². The monoisotopic (exact) mass is 413 g/mol. The average Bonchev–Trinajstić information content (AvgIpc) is 3.02. The normalized spacial score (nSPS) is 12.5. The zero-order valence-electron chi connectivity index (χ0n) is 18.3. The Balaban J connectivity index is 2.29. The van der Waals surface area contributed by atoms with Gasteiger partial charge < -0.3 is 19.3 Å². The minimum absolute atomic E-state index is 0.177. The van der Waals surface area contributed by atoms with Crippen molar-refractivity contribution in [3.05, 3.63) is 35.9 Å². The smallest absolute Gasteiger partial charge is 0.341 e. The second kappa shape index (κ2) is 7.75. The Bertz CT molecular complexity index is 1030. The lowest BCUT2D eigenvalue weighted by Gasteiger charge is -2.42. The van der Waals surface area contributed by atoms with Gasteiger partial charge in [0.2, 0.25) is 0 Å². The summed E-state index contributed by atoms with van der Waals surface area (Å²) in [4.78, 5) is 15.9. The number of aromatic amines is 1. The summed E-state index contributed by atoms with van der Waals surface area (Å²) in [5.74, 6) is 0.310. The van der Waals surface area contributed by atoms with Gasteiger partial charge in [-0.1, -0.05) is 53.7 Å². The van der Waals surface area contributed by atoms with Crippen LogP contribution in [0.5, 0.6) is 11.5 Å². The Morgan fingerprint density at radius 1 is 1.00 bits per heavy atom. The molecule has 2 N–H and O–H groups in total. The first-order valence-electron chi connectivity index (χ1n) is 10.2. The van der Waals surface area contributed by atoms with Crippen LogP contribution in [0.25, 0.3) is 21.8 Å². The van der Waals surface area contributed by atoms with Gasteiger partial charge in [-0.3, -0.25) is 0 Å². The van der Waals surface area contributed by atoms with Crippen LogP contribution in [0.1, 0.15) is 51.9 Å². The molecule has 0 atom stereocenters. The molecule has 3 aromatic rings. The van der Waals surface area contributed by atoms with Crippen molar-refractivity contribution in [3.63, 3.8) is 0 Å². The lowest BCUT2D eigenvalue weighted by atomic mass is 10.1. The first kappa shape index (κ1) is 21.2. The minimum Gasteiger partial charge on any atom is -0.542 e. The number of nitrogens with one attached hydrogen (secondary N) is 1. The van der Waals surface area contributed by atoms with E-state index in [1.807, 2.05) is 18.2 Å². The molecule has 0 amide bonds. The van der Waals surface area contributed by atoms with Crippen LogP contribution in [0, 0.1) is 0 Å². The molecule has 0 aliphatic carbocycles. The van der Waals surface area contributed by atoms with Crippen LogP contribution >= 0.6 is 0 Å². The SMILES string of the molecule is COC(=O)c1cc2c(cc1O[Si](C(C)C)(C(C)C)C(C)C)[nH]c1c(O)cccc12. The van der Waals surface area contributed by atoms with E-state index in [-0.39, 0.29) is 5.75 Å².